The van der Waals surface area contributed by atoms with Crippen LogP contribution < -0.4 is 16.3 Å². The quantitative estimate of drug-likeness (QED) is 0.142. The van der Waals surface area contributed by atoms with Crippen molar-refractivity contribution in [1.29, 1.82) is 0 Å². The molecular formula is C23H38N3O11PS. The monoisotopic (exact) mass is 595 g/mol. The Balaban J connectivity index is 2.15. The van der Waals surface area contributed by atoms with Gasteiger partial charge in [-0.05, 0) is 20.8 Å². The van der Waals surface area contributed by atoms with Crippen LogP contribution in [0.4, 0.5) is 0 Å². The third-order valence-corrected chi connectivity index (χ3v) is 8.48. The number of nitrogens with zero attached hydrogens (tertiary/aromatic N) is 1. The summed E-state index contributed by atoms with van der Waals surface area (Å²) in [4.78, 5) is 50.1. The van der Waals surface area contributed by atoms with Crippen LogP contribution in [0.3, 0.4) is 0 Å². The SMILES string of the molecule is CC(C)OC(=O)[C@H](C)N[P@@](=O)(OCCSC(=O)C(C)(C)C)OC[C@H]1O[C@@H](n2ccc(=O)[nH]c2=O)[C@H](O)[C@@H]1CO. The highest BCUT2D eigenvalue weighted by atomic mass is 32.2. The largest absolute Gasteiger partial charge is 0.462 e. The summed E-state index contributed by atoms with van der Waals surface area (Å²) in [5, 5.41) is 23.0. The molecule has 0 spiro atoms. The third-order valence-electron chi connectivity index (χ3n) is 5.51. The second-order valence-corrected chi connectivity index (χ2v) is 13.1. The Hall–Kier alpha value is -1.84. The van der Waals surface area contributed by atoms with Crippen LogP contribution in [-0.4, -0.2) is 80.8 Å². The molecule has 0 unspecified atom stereocenters. The Labute approximate surface area is 230 Å². The molecule has 39 heavy (non-hydrogen) atoms. The molecular weight excluding hydrogens is 557 g/mol. The maximum Gasteiger partial charge on any atom is 0.406 e. The zero-order valence-corrected chi connectivity index (χ0v) is 24.5. The van der Waals surface area contributed by atoms with Crippen LogP contribution in [0.25, 0.3) is 0 Å². The Kier molecular flexibility index (Phi) is 12.1. The molecule has 1 aliphatic rings. The number of H-pyrrole nitrogens is 1. The summed E-state index contributed by atoms with van der Waals surface area (Å²) in [6, 6.07) is -0.0281. The molecule has 1 aromatic heterocycles. The number of carbonyl (C=O) groups is 2. The van der Waals surface area contributed by atoms with Crippen LogP contribution in [0.15, 0.2) is 21.9 Å². The molecule has 2 rings (SSSR count). The molecule has 0 saturated carbocycles. The molecule has 14 nitrogen and oxygen atoms in total. The molecule has 1 saturated heterocycles. The molecule has 0 bridgehead atoms. The highest BCUT2D eigenvalue weighted by Crippen LogP contribution is 2.46. The van der Waals surface area contributed by atoms with Crippen molar-refractivity contribution in [3.05, 3.63) is 33.1 Å². The molecule has 6 atom stereocenters. The van der Waals surface area contributed by atoms with Crippen molar-refractivity contribution in [3.8, 4) is 0 Å². The molecule has 0 amide bonds. The van der Waals surface area contributed by atoms with Gasteiger partial charge in [0, 0.05) is 29.3 Å². The van der Waals surface area contributed by atoms with Crippen molar-refractivity contribution < 1.29 is 42.9 Å². The molecule has 0 radical (unpaired) electrons. The standard InChI is InChI=1S/C23H38N3O11PS/c1-13(2)36-20(30)14(3)25-38(33,34-9-10-39-21(31)23(4,5)6)35-12-16-15(11-27)18(29)19(37-16)26-8-7-17(28)24-22(26)32/h7-8,13-16,18-19,27,29H,9-12H2,1-6H3,(H,25,33)(H,24,28,32)/t14-,15+,16+,18+,19+,38+/m0/s1. The first-order chi connectivity index (χ1) is 18.1. The Morgan fingerprint density at radius 1 is 1.26 bits per heavy atom. The Bertz CT molecular complexity index is 1150. The summed E-state index contributed by atoms with van der Waals surface area (Å²) < 4.78 is 36.5. The molecule has 1 aliphatic heterocycles. The topological polar surface area (TPSA) is 195 Å². The molecule has 0 aromatic carbocycles. The number of aliphatic hydroxyl groups is 2. The van der Waals surface area contributed by atoms with Gasteiger partial charge in [-0.1, -0.05) is 32.5 Å². The number of aromatic nitrogens is 2. The molecule has 1 aromatic rings. The van der Waals surface area contributed by atoms with E-state index in [-0.39, 0.29) is 17.5 Å². The van der Waals surface area contributed by atoms with Gasteiger partial charge in [0.05, 0.1) is 32.0 Å². The van der Waals surface area contributed by atoms with Gasteiger partial charge in [-0.15, -0.1) is 0 Å². The van der Waals surface area contributed by atoms with E-state index in [4.69, 9.17) is 18.5 Å². The van der Waals surface area contributed by atoms with Crippen LogP contribution >= 0.6 is 19.5 Å². The fourth-order valence-corrected chi connectivity index (χ4v) is 5.84. The smallest absolute Gasteiger partial charge is 0.406 e. The molecule has 2 heterocycles. The van der Waals surface area contributed by atoms with Crippen LogP contribution in [0.5, 0.6) is 0 Å². The van der Waals surface area contributed by atoms with E-state index in [0.29, 0.717) is 0 Å². The molecule has 0 aliphatic carbocycles. The highest BCUT2D eigenvalue weighted by Gasteiger charge is 2.46. The first kappa shape index (κ1) is 33.4. The lowest BCUT2D eigenvalue weighted by molar-refractivity contribution is -0.149. The van der Waals surface area contributed by atoms with E-state index in [9.17, 15) is 34.0 Å². The molecule has 1 fully saturated rings. The van der Waals surface area contributed by atoms with Crippen LogP contribution in [0.2, 0.25) is 0 Å². The Morgan fingerprint density at radius 3 is 2.49 bits per heavy atom. The van der Waals surface area contributed by atoms with E-state index >= 15 is 0 Å². The number of aromatic amines is 1. The lowest BCUT2D eigenvalue weighted by Gasteiger charge is -2.25. The van der Waals surface area contributed by atoms with Crippen molar-refractivity contribution in [2.24, 2.45) is 11.3 Å². The van der Waals surface area contributed by atoms with Gasteiger partial charge in [0.1, 0.15) is 12.1 Å². The summed E-state index contributed by atoms with van der Waals surface area (Å²) in [7, 11) is -4.23. The van der Waals surface area contributed by atoms with Gasteiger partial charge in [0.15, 0.2) is 11.3 Å². The fourth-order valence-electron chi connectivity index (χ4n) is 3.45. The van der Waals surface area contributed by atoms with Crippen molar-refractivity contribution in [2.45, 2.75) is 72.1 Å². The van der Waals surface area contributed by atoms with E-state index in [1.807, 2.05) is 0 Å². The molecule has 16 heteroatoms. The maximum atomic E-state index is 13.6. The van der Waals surface area contributed by atoms with Crippen molar-refractivity contribution in [3.63, 3.8) is 0 Å². The minimum atomic E-state index is -4.23. The number of hydrogen-bond donors (Lipinski definition) is 4. The average molecular weight is 596 g/mol. The van der Waals surface area contributed by atoms with E-state index < -0.39 is 80.1 Å². The summed E-state index contributed by atoms with van der Waals surface area (Å²) >= 11 is 0.997. The second-order valence-electron chi connectivity index (χ2n) is 10.3. The van der Waals surface area contributed by atoms with Crippen molar-refractivity contribution >= 4 is 30.6 Å². The van der Waals surface area contributed by atoms with Crippen LogP contribution in [-0.2, 0) is 32.7 Å². The highest BCUT2D eigenvalue weighted by molar-refractivity contribution is 8.13. The summed E-state index contributed by atoms with van der Waals surface area (Å²) in [5.41, 5.74) is -2.05. The Morgan fingerprint density at radius 2 is 1.92 bits per heavy atom. The van der Waals surface area contributed by atoms with E-state index in [1.54, 1.807) is 34.6 Å². The minimum Gasteiger partial charge on any atom is -0.462 e. The number of nitrogens with one attached hydrogen (secondary N) is 2. The molecule has 4 N–H and O–H groups in total. The zero-order valence-electron chi connectivity index (χ0n) is 22.8. The summed E-state index contributed by atoms with van der Waals surface area (Å²) in [5.74, 6) is -1.50. The number of thioether (sulfide) groups is 1. The number of aliphatic hydroxyl groups excluding tert-OH is 2. The number of esters is 1. The maximum absolute atomic E-state index is 13.6. The van der Waals surface area contributed by atoms with Gasteiger partial charge in [0.25, 0.3) is 5.56 Å². The van der Waals surface area contributed by atoms with Crippen LogP contribution in [0, 0.1) is 11.3 Å². The number of hydrogen-bond acceptors (Lipinski definition) is 12. The van der Waals surface area contributed by atoms with Gasteiger partial charge in [-0.25, -0.2) is 14.4 Å². The van der Waals surface area contributed by atoms with E-state index in [2.05, 4.69) is 10.1 Å². The number of rotatable bonds is 13. The summed E-state index contributed by atoms with van der Waals surface area (Å²) in [6.07, 6.45) is -2.98. The predicted octanol–water partition coefficient (Wildman–Crippen LogP) is 0.780. The lowest BCUT2D eigenvalue weighted by atomic mass is 9.99. The third kappa shape index (κ3) is 9.64. The van der Waals surface area contributed by atoms with Gasteiger partial charge in [-0.2, -0.15) is 0 Å². The van der Waals surface area contributed by atoms with Crippen LogP contribution in [0.1, 0.15) is 47.8 Å². The normalized spacial score (nSPS) is 23.9. The van der Waals surface area contributed by atoms with E-state index in [1.165, 1.54) is 6.92 Å². The second kappa shape index (κ2) is 14.2. The van der Waals surface area contributed by atoms with Gasteiger partial charge >= 0.3 is 19.4 Å². The van der Waals surface area contributed by atoms with E-state index in [0.717, 1.165) is 28.6 Å². The average Bonchev–Trinajstić information content (AvgIpc) is 3.14. The predicted molar refractivity (Wildman–Crippen MR) is 142 cm³/mol. The zero-order chi connectivity index (χ0) is 29.5. The molecule has 222 valence electrons. The number of ether oxygens (including phenoxy) is 2. The van der Waals surface area contributed by atoms with Gasteiger partial charge in [-0.3, -0.25) is 33.0 Å². The van der Waals surface area contributed by atoms with Gasteiger partial charge < -0.3 is 19.7 Å². The first-order valence-electron chi connectivity index (χ1n) is 12.4. The fraction of sp³-hybridized carbons (Fsp3) is 0.739. The van der Waals surface area contributed by atoms with Gasteiger partial charge in [0.2, 0.25) is 0 Å². The number of carbonyl (C=O) groups excluding carboxylic acids is 2. The van der Waals surface area contributed by atoms with Crippen molar-refractivity contribution in [1.82, 2.24) is 14.6 Å². The first-order valence-corrected chi connectivity index (χ1v) is 14.9. The van der Waals surface area contributed by atoms with Crippen molar-refractivity contribution in [2.75, 3.05) is 25.6 Å². The lowest BCUT2D eigenvalue weighted by Crippen LogP contribution is -2.37. The summed E-state index contributed by atoms with van der Waals surface area (Å²) in [6.45, 7) is 8.81. The minimum absolute atomic E-state index is 0.0913.